The van der Waals surface area contributed by atoms with E-state index in [4.69, 9.17) is 0 Å². The van der Waals surface area contributed by atoms with Crippen LogP contribution in [0, 0.1) is 11.6 Å². The molecule has 0 saturated carbocycles. The first-order chi connectivity index (χ1) is 11.9. The lowest BCUT2D eigenvalue weighted by molar-refractivity contribution is 0.0600. The first-order valence-electron chi connectivity index (χ1n) is 7.57. The van der Waals surface area contributed by atoms with Gasteiger partial charge in [0.25, 0.3) is 0 Å². The Morgan fingerprint density at radius 3 is 2.36 bits per heavy atom. The topological polar surface area (TPSA) is 67.4 Å². The molecule has 0 heterocycles. The summed E-state index contributed by atoms with van der Waals surface area (Å²) in [5.74, 6) is -2.33. The lowest BCUT2D eigenvalue weighted by Gasteiger charge is -2.15. The summed E-state index contributed by atoms with van der Waals surface area (Å²) >= 11 is 0. The maximum Gasteiger partial charge on any atom is 0.337 e. The first-order valence-corrected chi connectivity index (χ1v) is 7.57. The molecule has 25 heavy (non-hydrogen) atoms. The number of hydrogen-bond donors (Lipinski definition) is 2. The molecule has 0 radical (unpaired) electrons. The van der Waals surface area contributed by atoms with Gasteiger partial charge in [0.05, 0.1) is 18.7 Å². The molecule has 2 N–H and O–H groups in total. The van der Waals surface area contributed by atoms with E-state index in [1.165, 1.54) is 13.2 Å². The lowest BCUT2D eigenvalue weighted by atomic mass is 10.1. The third-order valence-corrected chi connectivity index (χ3v) is 3.62. The Morgan fingerprint density at radius 1 is 1.08 bits per heavy atom. The Labute approximate surface area is 144 Å². The van der Waals surface area contributed by atoms with E-state index in [0.29, 0.717) is 11.1 Å². The predicted molar refractivity (Wildman–Crippen MR) is 87.9 cm³/mol. The number of urea groups is 1. The van der Waals surface area contributed by atoms with Crippen LogP contribution in [0.15, 0.2) is 42.5 Å². The fourth-order valence-corrected chi connectivity index (χ4v) is 2.17. The normalized spacial score (nSPS) is 11.5. The quantitative estimate of drug-likeness (QED) is 0.815. The van der Waals surface area contributed by atoms with Crippen LogP contribution in [0.3, 0.4) is 0 Å². The number of benzene rings is 2. The van der Waals surface area contributed by atoms with Gasteiger partial charge in [-0.2, -0.15) is 0 Å². The van der Waals surface area contributed by atoms with E-state index < -0.39 is 29.7 Å². The Hall–Kier alpha value is -2.96. The van der Waals surface area contributed by atoms with E-state index in [1.54, 1.807) is 31.2 Å². The molecule has 0 spiro atoms. The van der Waals surface area contributed by atoms with E-state index in [1.807, 2.05) is 0 Å². The van der Waals surface area contributed by atoms with Gasteiger partial charge in [-0.3, -0.25) is 0 Å². The molecule has 2 aromatic rings. The van der Waals surface area contributed by atoms with Gasteiger partial charge in [0.1, 0.15) is 0 Å². The van der Waals surface area contributed by atoms with Crippen LogP contribution in [-0.4, -0.2) is 19.1 Å². The van der Waals surface area contributed by atoms with Gasteiger partial charge >= 0.3 is 12.0 Å². The molecule has 2 amide bonds. The Morgan fingerprint density at radius 2 is 1.76 bits per heavy atom. The molecule has 5 nitrogen and oxygen atoms in total. The fraction of sp³-hybridized carbons (Fsp3) is 0.222. The maximum atomic E-state index is 13.2. The van der Waals surface area contributed by atoms with Crippen LogP contribution in [0.25, 0.3) is 0 Å². The SMILES string of the molecule is COC(=O)c1ccc(CNC(=O)NC(C)c2ccc(F)c(F)c2)cc1. The summed E-state index contributed by atoms with van der Waals surface area (Å²) in [4.78, 5) is 23.2. The molecule has 0 saturated heterocycles. The Bertz CT molecular complexity index is 763. The molecule has 1 unspecified atom stereocenters. The van der Waals surface area contributed by atoms with Crippen molar-refractivity contribution in [3.8, 4) is 0 Å². The van der Waals surface area contributed by atoms with Crippen LogP contribution in [0.2, 0.25) is 0 Å². The zero-order valence-electron chi connectivity index (χ0n) is 13.8. The van der Waals surface area contributed by atoms with E-state index in [0.717, 1.165) is 17.7 Å². The molecule has 0 aromatic heterocycles. The third-order valence-electron chi connectivity index (χ3n) is 3.62. The molecule has 0 aliphatic heterocycles. The second-order valence-corrected chi connectivity index (χ2v) is 5.41. The molecule has 0 fully saturated rings. The van der Waals surface area contributed by atoms with Gasteiger partial charge in [0, 0.05) is 6.54 Å². The van der Waals surface area contributed by atoms with E-state index in [-0.39, 0.29) is 6.54 Å². The van der Waals surface area contributed by atoms with Gasteiger partial charge in [0.15, 0.2) is 11.6 Å². The second-order valence-electron chi connectivity index (χ2n) is 5.41. The molecule has 0 aliphatic rings. The summed E-state index contributed by atoms with van der Waals surface area (Å²) < 4.78 is 30.8. The Balaban J connectivity index is 1.87. The number of hydrogen-bond acceptors (Lipinski definition) is 3. The summed E-state index contributed by atoms with van der Waals surface area (Å²) in [6.45, 7) is 1.91. The number of methoxy groups -OCH3 is 1. The number of amides is 2. The van der Waals surface area contributed by atoms with Gasteiger partial charge in [0.2, 0.25) is 0 Å². The summed E-state index contributed by atoms with van der Waals surface area (Å²) in [6, 6.07) is 9.14. The summed E-state index contributed by atoms with van der Waals surface area (Å²) in [5.41, 5.74) is 1.67. The van der Waals surface area contributed by atoms with Crippen molar-refractivity contribution < 1.29 is 23.1 Å². The number of esters is 1. The molecule has 7 heteroatoms. The first kappa shape index (κ1) is 18.4. The highest BCUT2D eigenvalue weighted by Crippen LogP contribution is 2.15. The molecule has 2 aromatic carbocycles. The van der Waals surface area contributed by atoms with Crippen molar-refractivity contribution in [3.05, 3.63) is 70.8 Å². The zero-order chi connectivity index (χ0) is 18.4. The highest BCUT2D eigenvalue weighted by atomic mass is 19.2. The maximum absolute atomic E-state index is 13.2. The number of nitrogens with one attached hydrogen (secondary N) is 2. The van der Waals surface area contributed by atoms with E-state index in [9.17, 15) is 18.4 Å². The fourth-order valence-electron chi connectivity index (χ4n) is 2.17. The monoisotopic (exact) mass is 348 g/mol. The van der Waals surface area contributed by atoms with Crippen LogP contribution in [0.5, 0.6) is 0 Å². The predicted octanol–water partition coefficient (Wildman–Crippen LogP) is 3.31. The highest BCUT2D eigenvalue weighted by molar-refractivity contribution is 5.89. The largest absolute Gasteiger partial charge is 0.465 e. The van der Waals surface area contributed by atoms with Gasteiger partial charge in [-0.15, -0.1) is 0 Å². The standard InChI is InChI=1S/C18H18F2N2O3/c1-11(14-7-8-15(19)16(20)9-14)22-18(24)21-10-12-3-5-13(6-4-12)17(23)25-2/h3-9,11H,10H2,1-2H3,(H2,21,22,24). The van der Waals surface area contributed by atoms with Crippen molar-refractivity contribution in [3.63, 3.8) is 0 Å². The van der Waals surface area contributed by atoms with E-state index in [2.05, 4.69) is 15.4 Å². The number of halogens is 2. The van der Waals surface area contributed by atoms with Crippen molar-refractivity contribution in [1.82, 2.24) is 10.6 Å². The molecular weight excluding hydrogens is 330 g/mol. The summed E-state index contributed by atoms with van der Waals surface area (Å²) in [6.07, 6.45) is 0. The minimum Gasteiger partial charge on any atom is -0.465 e. The molecule has 132 valence electrons. The number of rotatable bonds is 5. The van der Waals surface area contributed by atoms with Crippen LogP contribution in [0.1, 0.15) is 34.5 Å². The van der Waals surface area contributed by atoms with Crippen molar-refractivity contribution in [2.24, 2.45) is 0 Å². The van der Waals surface area contributed by atoms with Crippen LogP contribution in [0.4, 0.5) is 13.6 Å². The summed E-state index contributed by atoms with van der Waals surface area (Å²) in [7, 11) is 1.30. The molecule has 1 atom stereocenters. The van der Waals surface area contributed by atoms with Crippen LogP contribution < -0.4 is 10.6 Å². The van der Waals surface area contributed by atoms with Gasteiger partial charge in [-0.25, -0.2) is 18.4 Å². The minimum atomic E-state index is -0.961. The average Bonchev–Trinajstić information content (AvgIpc) is 2.62. The number of carbonyl (C=O) groups is 2. The van der Waals surface area contributed by atoms with E-state index >= 15 is 0 Å². The zero-order valence-corrected chi connectivity index (χ0v) is 13.8. The van der Waals surface area contributed by atoms with Crippen LogP contribution >= 0.6 is 0 Å². The van der Waals surface area contributed by atoms with Crippen molar-refractivity contribution in [2.45, 2.75) is 19.5 Å². The smallest absolute Gasteiger partial charge is 0.337 e. The molecule has 0 bridgehead atoms. The van der Waals surface area contributed by atoms with Crippen molar-refractivity contribution in [2.75, 3.05) is 7.11 Å². The number of ether oxygens (including phenoxy) is 1. The van der Waals surface area contributed by atoms with Gasteiger partial charge < -0.3 is 15.4 Å². The van der Waals surface area contributed by atoms with Gasteiger partial charge in [-0.1, -0.05) is 18.2 Å². The van der Waals surface area contributed by atoms with Crippen molar-refractivity contribution >= 4 is 12.0 Å². The average molecular weight is 348 g/mol. The highest BCUT2D eigenvalue weighted by Gasteiger charge is 2.12. The second kappa shape index (κ2) is 8.23. The number of carbonyl (C=O) groups excluding carboxylic acids is 2. The third kappa shape index (κ3) is 5.00. The summed E-state index contributed by atoms with van der Waals surface area (Å²) in [5, 5.41) is 5.29. The Kier molecular flexibility index (Phi) is 6.05. The minimum absolute atomic E-state index is 0.248. The van der Waals surface area contributed by atoms with Crippen LogP contribution in [-0.2, 0) is 11.3 Å². The lowest BCUT2D eigenvalue weighted by Crippen LogP contribution is -2.36. The molecule has 0 aliphatic carbocycles. The molecule has 2 rings (SSSR count). The van der Waals surface area contributed by atoms with Crippen molar-refractivity contribution in [1.29, 1.82) is 0 Å². The van der Waals surface area contributed by atoms with Gasteiger partial charge in [-0.05, 0) is 42.3 Å². The molecular formula is C18H18F2N2O3.